The van der Waals surface area contributed by atoms with E-state index < -0.39 is 80.2 Å². The van der Waals surface area contributed by atoms with Gasteiger partial charge in [-0.25, -0.2) is 0 Å². The van der Waals surface area contributed by atoms with E-state index in [-0.39, 0.29) is 13.2 Å². The molecule has 3 fully saturated rings. The van der Waals surface area contributed by atoms with Gasteiger partial charge >= 0.3 is 0 Å². The first-order valence-electron chi connectivity index (χ1n) is 13.2. The molecular weight excluding hydrogens is 526 g/mol. The highest BCUT2D eigenvalue weighted by Crippen LogP contribution is 2.37. The van der Waals surface area contributed by atoms with Crippen molar-refractivity contribution in [2.24, 2.45) is 0 Å². The number of aliphatic hydroxyl groups is 4. The average Bonchev–Trinajstić information content (AvgIpc) is 2.98. The zero-order chi connectivity index (χ0) is 28.2. The van der Waals surface area contributed by atoms with E-state index in [1.807, 2.05) is 60.7 Å². The fourth-order valence-electron chi connectivity index (χ4n) is 5.13. The first kappa shape index (κ1) is 29.0. The molecule has 0 saturated carbocycles. The van der Waals surface area contributed by atoms with Gasteiger partial charge in [0.25, 0.3) is 0 Å². The van der Waals surface area contributed by atoms with Crippen LogP contribution in [0.3, 0.4) is 0 Å². The van der Waals surface area contributed by atoms with Gasteiger partial charge in [-0.3, -0.25) is 4.79 Å². The van der Waals surface area contributed by atoms with Crippen molar-refractivity contribution in [2.45, 2.75) is 81.2 Å². The van der Waals surface area contributed by atoms with E-state index in [9.17, 15) is 25.2 Å². The Morgan fingerprint density at radius 3 is 2.30 bits per heavy atom. The fourth-order valence-corrected chi connectivity index (χ4v) is 5.13. The maximum atomic E-state index is 12.3. The number of amides is 1. The fraction of sp³-hybridized carbons (Fsp3) is 0.536. The van der Waals surface area contributed by atoms with Gasteiger partial charge < -0.3 is 54.2 Å². The molecule has 5 N–H and O–H groups in total. The second-order valence-electron chi connectivity index (χ2n) is 10.0. The molecule has 1 amide bonds. The van der Waals surface area contributed by atoms with E-state index in [0.29, 0.717) is 0 Å². The van der Waals surface area contributed by atoms with Crippen molar-refractivity contribution < 1.29 is 53.6 Å². The summed E-state index contributed by atoms with van der Waals surface area (Å²) in [5, 5.41) is 43.8. The van der Waals surface area contributed by atoms with Gasteiger partial charge in [0.15, 0.2) is 18.9 Å². The molecule has 12 heteroatoms. The number of carbonyl (C=O) groups excluding carboxylic acids is 1. The zero-order valence-electron chi connectivity index (χ0n) is 21.9. The third-order valence-corrected chi connectivity index (χ3v) is 7.18. The van der Waals surface area contributed by atoms with E-state index in [0.717, 1.165) is 11.1 Å². The monoisotopic (exact) mass is 561 g/mol. The number of ether oxygens (including phenoxy) is 6. The van der Waals surface area contributed by atoms with Gasteiger partial charge in [-0.1, -0.05) is 60.7 Å². The predicted octanol–water partition coefficient (Wildman–Crippen LogP) is -0.268. The minimum absolute atomic E-state index is 0.108. The van der Waals surface area contributed by atoms with Crippen LogP contribution in [0.25, 0.3) is 0 Å². The summed E-state index contributed by atoms with van der Waals surface area (Å²) >= 11 is 0. The van der Waals surface area contributed by atoms with Crippen molar-refractivity contribution in [3.63, 3.8) is 0 Å². The summed E-state index contributed by atoms with van der Waals surface area (Å²) in [5.74, 6) is -0.394. The first-order valence-corrected chi connectivity index (χ1v) is 13.2. The second kappa shape index (κ2) is 13.0. The quantitative estimate of drug-likeness (QED) is 0.288. The van der Waals surface area contributed by atoms with E-state index in [4.69, 9.17) is 28.4 Å². The largest absolute Gasteiger partial charge is 0.394 e. The molecule has 0 bridgehead atoms. The predicted molar refractivity (Wildman–Crippen MR) is 136 cm³/mol. The molecule has 2 aromatic carbocycles. The van der Waals surface area contributed by atoms with Crippen LogP contribution in [0, 0.1) is 0 Å². The van der Waals surface area contributed by atoms with E-state index in [1.54, 1.807) is 0 Å². The highest BCUT2D eigenvalue weighted by molar-refractivity contribution is 5.73. The summed E-state index contributed by atoms with van der Waals surface area (Å²) in [5.41, 5.74) is 1.63. The molecule has 3 heterocycles. The number of hydrogen-bond donors (Lipinski definition) is 5. The third-order valence-electron chi connectivity index (χ3n) is 7.18. The van der Waals surface area contributed by atoms with Crippen molar-refractivity contribution >= 4 is 5.91 Å². The standard InChI is InChI=1S/C28H35NO11/c1-15(31)29-20-25(40-28-23(34)22(33)21(32)18(12-30)37-28)24-19(14-36-26(39-24)17-10-6-3-7-11-17)38-27(20)35-13-16-8-4-2-5-9-16/h2-11,18-28,30,32-34H,12-14H2,1H3,(H,29,31). The van der Waals surface area contributed by atoms with Crippen molar-refractivity contribution in [3.05, 3.63) is 71.8 Å². The van der Waals surface area contributed by atoms with Gasteiger partial charge in [0.1, 0.15) is 48.8 Å². The summed E-state index contributed by atoms with van der Waals surface area (Å²) < 4.78 is 36.5. The molecule has 11 unspecified atom stereocenters. The molecule has 3 aliphatic rings. The first-order chi connectivity index (χ1) is 19.4. The number of aliphatic hydroxyl groups excluding tert-OH is 4. The normalized spacial score (nSPS) is 37.9. The Morgan fingerprint density at radius 1 is 0.925 bits per heavy atom. The van der Waals surface area contributed by atoms with Crippen molar-refractivity contribution in [3.8, 4) is 0 Å². The van der Waals surface area contributed by atoms with Crippen LogP contribution in [-0.2, 0) is 39.8 Å². The lowest BCUT2D eigenvalue weighted by Gasteiger charge is -2.51. The molecule has 0 spiro atoms. The molecule has 0 aromatic heterocycles. The number of rotatable bonds is 8. The van der Waals surface area contributed by atoms with Crippen LogP contribution in [0.4, 0.5) is 0 Å². The number of benzene rings is 2. The van der Waals surface area contributed by atoms with Gasteiger partial charge in [-0.2, -0.15) is 0 Å². The molecule has 5 rings (SSSR count). The Labute approximate surface area is 231 Å². The Balaban J connectivity index is 1.44. The van der Waals surface area contributed by atoms with Crippen LogP contribution in [0.1, 0.15) is 24.3 Å². The van der Waals surface area contributed by atoms with Crippen molar-refractivity contribution in [1.29, 1.82) is 0 Å². The van der Waals surface area contributed by atoms with Gasteiger partial charge in [0.05, 0.1) is 19.8 Å². The molecule has 12 nitrogen and oxygen atoms in total. The smallest absolute Gasteiger partial charge is 0.217 e. The van der Waals surface area contributed by atoms with E-state index in [1.165, 1.54) is 6.92 Å². The van der Waals surface area contributed by atoms with Crippen LogP contribution in [0.2, 0.25) is 0 Å². The molecule has 3 saturated heterocycles. The van der Waals surface area contributed by atoms with Gasteiger partial charge in [-0.15, -0.1) is 0 Å². The average molecular weight is 562 g/mol. The maximum absolute atomic E-state index is 12.3. The number of fused-ring (bicyclic) bond motifs is 1. The molecule has 3 aliphatic heterocycles. The molecule has 40 heavy (non-hydrogen) atoms. The summed E-state index contributed by atoms with van der Waals surface area (Å²) in [4.78, 5) is 12.3. The third kappa shape index (κ3) is 6.37. The molecular formula is C28H35NO11. The van der Waals surface area contributed by atoms with Crippen LogP contribution >= 0.6 is 0 Å². The van der Waals surface area contributed by atoms with Crippen molar-refractivity contribution in [1.82, 2.24) is 5.32 Å². The topological polar surface area (TPSA) is 165 Å². The summed E-state index contributed by atoms with van der Waals surface area (Å²) in [6, 6.07) is 17.7. The minimum Gasteiger partial charge on any atom is -0.394 e. The minimum atomic E-state index is -1.66. The summed E-state index contributed by atoms with van der Waals surface area (Å²) in [6.45, 7) is 0.989. The lowest BCUT2D eigenvalue weighted by molar-refractivity contribution is -0.378. The van der Waals surface area contributed by atoms with Crippen LogP contribution in [0.15, 0.2) is 60.7 Å². The molecule has 2 aromatic rings. The van der Waals surface area contributed by atoms with Crippen LogP contribution in [0.5, 0.6) is 0 Å². The van der Waals surface area contributed by atoms with Gasteiger partial charge in [-0.05, 0) is 5.56 Å². The maximum Gasteiger partial charge on any atom is 0.217 e. The lowest BCUT2D eigenvalue weighted by Crippen LogP contribution is -2.69. The Morgan fingerprint density at radius 2 is 1.62 bits per heavy atom. The molecule has 218 valence electrons. The summed E-state index contributed by atoms with van der Waals surface area (Å²) in [7, 11) is 0. The van der Waals surface area contributed by atoms with Crippen LogP contribution < -0.4 is 5.32 Å². The Kier molecular flexibility index (Phi) is 9.43. The molecule has 11 atom stereocenters. The zero-order valence-corrected chi connectivity index (χ0v) is 21.9. The number of hydrogen-bond acceptors (Lipinski definition) is 11. The van der Waals surface area contributed by atoms with Gasteiger partial charge in [0, 0.05) is 12.5 Å². The Bertz CT molecular complexity index is 1090. The molecule has 0 aliphatic carbocycles. The highest BCUT2D eigenvalue weighted by atomic mass is 16.8. The number of carbonyl (C=O) groups is 1. The highest BCUT2D eigenvalue weighted by Gasteiger charge is 2.54. The van der Waals surface area contributed by atoms with Gasteiger partial charge in [0.2, 0.25) is 5.91 Å². The second-order valence-corrected chi connectivity index (χ2v) is 10.0. The Hall–Kier alpha value is -2.49. The number of nitrogens with one attached hydrogen (secondary N) is 1. The summed E-state index contributed by atoms with van der Waals surface area (Å²) in [6.07, 6.45) is -11.9. The van der Waals surface area contributed by atoms with Crippen molar-refractivity contribution in [2.75, 3.05) is 13.2 Å². The lowest BCUT2D eigenvalue weighted by atomic mass is 9.94. The van der Waals surface area contributed by atoms with Crippen LogP contribution in [-0.4, -0.2) is 101 Å². The SMILES string of the molecule is CC(=O)NC1C(OCc2ccccc2)OC2COC(c3ccccc3)OC2C1OC1OC(CO)C(O)C(O)C1O. The molecule has 0 radical (unpaired) electrons. The van der Waals surface area contributed by atoms with E-state index in [2.05, 4.69) is 5.32 Å². The van der Waals surface area contributed by atoms with E-state index >= 15 is 0 Å².